The van der Waals surface area contributed by atoms with Gasteiger partial charge in [0.05, 0.1) is 6.33 Å². The Bertz CT molecular complexity index is 941. The molecule has 0 unspecified atom stereocenters. The third kappa shape index (κ3) is 4.74. The first-order chi connectivity index (χ1) is 12.5. The molecule has 136 valence electrons. The number of aromatic nitrogens is 5. The highest BCUT2D eigenvalue weighted by atomic mass is 32.2. The van der Waals surface area contributed by atoms with Crippen LogP contribution in [0.15, 0.2) is 54.1 Å². The third-order valence-electron chi connectivity index (χ3n) is 3.27. The summed E-state index contributed by atoms with van der Waals surface area (Å²) < 4.78 is 28.1. The number of hydrogen-bond acceptors (Lipinski definition) is 8. The van der Waals surface area contributed by atoms with Crippen molar-refractivity contribution < 1.29 is 8.42 Å². The molecule has 3 heterocycles. The van der Waals surface area contributed by atoms with E-state index in [0.29, 0.717) is 24.0 Å². The van der Waals surface area contributed by atoms with Gasteiger partial charge in [-0.25, -0.2) is 23.1 Å². The van der Waals surface area contributed by atoms with Gasteiger partial charge >= 0.3 is 0 Å². The van der Waals surface area contributed by atoms with Gasteiger partial charge < -0.3 is 15.2 Å². The van der Waals surface area contributed by atoms with E-state index in [4.69, 9.17) is 0 Å². The lowest BCUT2D eigenvalue weighted by Gasteiger charge is -2.07. The molecular formula is C15H18N8O2S. The molecule has 0 saturated carbocycles. The fourth-order valence-electron chi connectivity index (χ4n) is 2.04. The van der Waals surface area contributed by atoms with E-state index < -0.39 is 10.0 Å². The standard InChI is InChI=1S/C15H18N8O2S/c1-23-10-15(18-11-23)26(24,25)19-9-8-17-13-5-6-14(22-21-13)20-12-4-2-3-7-16-12/h2-7,10-11,19H,8-9H2,1H3,(H,17,21)(H,16,20,22). The summed E-state index contributed by atoms with van der Waals surface area (Å²) in [5.41, 5.74) is 0. The fraction of sp³-hybridized carbons (Fsp3) is 0.200. The van der Waals surface area contributed by atoms with E-state index in [9.17, 15) is 8.42 Å². The van der Waals surface area contributed by atoms with Gasteiger partial charge in [0.25, 0.3) is 10.0 Å². The number of rotatable bonds is 8. The van der Waals surface area contributed by atoms with Gasteiger partial charge in [-0.3, -0.25) is 0 Å². The van der Waals surface area contributed by atoms with Crippen LogP contribution in [-0.2, 0) is 17.1 Å². The van der Waals surface area contributed by atoms with Crippen LogP contribution in [0.5, 0.6) is 0 Å². The van der Waals surface area contributed by atoms with Gasteiger partial charge in [-0.1, -0.05) is 6.07 Å². The van der Waals surface area contributed by atoms with Crippen LogP contribution in [0.1, 0.15) is 0 Å². The Morgan fingerprint density at radius 2 is 1.81 bits per heavy atom. The fourth-order valence-corrected chi connectivity index (χ4v) is 3.05. The lowest BCUT2D eigenvalue weighted by Crippen LogP contribution is -2.29. The number of imidazole rings is 1. The number of aryl methyl sites for hydroxylation is 1. The predicted octanol–water partition coefficient (Wildman–Crippen LogP) is 0.739. The van der Waals surface area contributed by atoms with Gasteiger partial charge in [-0.2, -0.15) is 0 Å². The van der Waals surface area contributed by atoms with Gasteiger partial charge in [0.1, 0.15) is 11.6 Å². The van der Waals surface area contributed by atoms with Gasteiger partial charge in [0.2, 0.25) is 0 Å². The first-order valence-corrected chi connectivity index (χ1v) is 9.24. The summed E-state index contributed by atoms with van der Waals surface area (Å²) in [6, 6.07) is 9.01. The zero-order chi connectivity index (χ0) is 18.4. The van der Waals surface area contributed by atoms with E-state index in [1.54, 1.807) is 29.9 Å². The smallest absolute Gasteiger partial charge is 0.259 e. The second-order valence-corrected chi connectivity index (χ2v) is 7.06. The van der Waals surface area contributed by atoms with Crippen molar-refractivity contribution in [2.24, 2.45) is 7.05 Å². The van der Waals surface area contributed by atoms with Crippen LogP contribution in [0.4, 0.5) is 17.5 Å². The van der Waals surface area contributed by atoms with Crippen molar-refractivity contribution in [2.75, 3.05) is 23.7 Å². The molecule has 0 aliphatic carbocycles. The summed E-state index contributed by atoms with van der Waals surface area (Å²) in [6.07, 6.45) is 4.55. The zero-order valence-electron chi connectivity index (χ0n) is 14.0. The van der Waals surface area contributed by atoms with Crippen LogP contribution in [0.3, 0.4) is 0 Å². The van der Waals surface area contributed by atoms with E-state index in [1.807, 2.05) is 18.2 Å². The maximum atomic E-state index is 12.0. The van der Waals surface area contributed by atoms with E-state index in [-0.39, 0.29) is 11.6 Å². The van der Waals surface area contributed by atoms with E-state index in [1.165, 1.54) is 12.5 Å². The Morgan fingerprint density at radius 3 is 2.46 bits per heavy atom. The molecular weight excluding hydrogens is 356 g/mol. The molecule has 0 spiro atoms. The van der Waals surface area contributed by atoms with Gasteiger partial charge in [0, 0.05) is 32.5 Å². The van der Waals surface area contributed by atoms with E-state index >= 15 is 0 Å². The van der Waals surface area contributed by atoms with Gasteiger partial charge in [-0.15, -0.1) is 10.2 Å². The molecule has 0 aliphatic heterocycles. The van der Waals surface area contributed by atoms with Gasteiger partial charge in [-0.05, 0) is 24.3 Å². The number of anilines is 3. The molecule has 0 fully saturated rings. The number of pyridine rings is 1. The Hall–Kier alpha value is -3.05. The largest absolute Gasteiger partial charge is 0.367 e. The minimum Gasteiger partial charge on any atom is -0.367 e. The number of nitrogens with one attached hydrogen (secondary N) is 3. The van der Waals surface area contributed by atoms with Gasteiger partial charge in [0.15, 0.2) is 10.8 Å². The van der Waals surface area contributed by atoms with Crippen LogP contribution in [0.2, 0.25) is 0 Å². The van der Waals surface area contributed by atoms with Crippen LogP contribution in [0.25, 0.3) is 0 Å². The number of hydrogen-bond donors (Lipinski definition) is 3. The van der Waals surface area contributed by atoms with Crippen molar-refractivity contribution in [1.82, 2.24) is 29.5 Å². The summed E-state index contributed by atoms with van der Waals surface area (Å²) in [7, 11) is -1.90. The molecule has 11 heteroatoms. The lowest BCUT2D eigenvalue weighted by molar-refractivity contribution is 0.579. The monoisotopic (exact) mass is 374 g/mol. The first-order valence-electron chi connectivity index (χ1n) is 7.76. The van der Waals surface area contributed by atoms with E-state index in [2.05, 4.69) is 35.5 Å². The van der Waals surface area contributed by atoms with Crippen molar-refractivity contribution in [3.05, 3.63) is 49.1 Å². The predicted molar refractivity (Wildman–Crippen MR) is 96.4 cm³/mol. The number of nitrogens with zero attached hydrogens (tertiary/aromatic N) is 5. The van der Waals surface area contributed by atoms with Crippen LogP contribution >= 0.6 is 0 Å². The average Bonchev–Trinajstić information content (AvgIpc) is 3.08. The summed E-state index contributed by atoms with van der Waals surface area (Å²) >= 11 is 0. The maximum absolute atomic E-state index is 12.0. The first kappa shape index (κ1) is 17.8. The molecule has 0 saturated heterocycles. The minimum absolute atomic E-state index is 0.00950. The van der Waals surface area contributed by atoms with Crippen molar-refractivity contribution >= 4 is 27.5 Å². The Morgan fingerprint density at radius 1 is 1.00 bits per heavy atom. The molecule has 3 N–H and O–H groups in total. The summed E-state index contributed by atoms with van der Waals surface area (Å²) in [4.78, 5) is 7.97. The second kappa shape index (κ2) is 7.89. The van der Waals surface area contributed by atoms with Crippen LogP contribution in [0, 0.1) is 0 Å². The topological polar surface area (TPSA) is 127 Å². The average molecular weight is 374 g/mol. The van der Waals surface area contributed by atoms with Crippen molar-refractivity contribution in [2.45, 2.75) is 5.03 Å². The highest BCUT2D eigenvalue weighted by molar-refractivity contribution is 7.89. The molecule has 0 atom stereocenters. The summed E-state index contributed by atoms with van der Waals surface area (Å²) in [5.74, 6) is 1.77. The van der Waals surface area contributed by atoms with E-state index in [0.717, 1.165) is 0 Å². The Labute approximate surface area is 150 Å². The van der Waals surface area contributed by atoms with Crippen molar-refractivity contribution in [3.63, 3.8) is 0 Å². The lowest BCUT2D eigenvalue weighted by atomic mass is 10.4. The molecule has 0 radical (unpaired) electrons. The zero-order valence-corrected chi connectivity index (χ0v) is 14.8. The number of sulfonamides is 1. The van der Waals surface area contributed by atoms with Crippen molar-refractivity contribution in [3.8, 4) is 0 Å². The minimum atomic E-state index is -3.61. The van der Waals surface area contributed by atoms with Crippen molar-refractivity contribution in [1.29, 1.82) is 0 Å². The maximum Gasteiger partial charge on any atom is 0.259 e. The summed E-state index contributed by atoms with van der Waals surface area (Å²) in [6.45, 7) is 0.544. The molecule has 3 aromatic rings. The Balaban J connectivity index is 1.46. The van der Waals surface area contributed by atoms with Crippen LogP contribution in [-0.4, -0.2) is 46.2 Å². The molecule has 10 nitrogen and oxygen atoms in total. The quantitative estimate of drug-likeness (QED) is 0.493. The highest BCUT2D eigenvalue weighted by Gasteiger charge is 2.15. The summed E-state index contributed by atoms with van der Waals surface area (Å²) in [5, 5.41) is 14.1. The molecule has 26 heavy (non-hydrogen) atoms. The Kier molecular flexibility index (Phi) is 5.39. The normalized spacial score (nSPS) is 11.3. The second-order valence-electron chi connectivity index (χ2n) is 5.35. The SMILES string of the molecule is Cn1cnc(S(=O)(=O)NCCNc2ccc(Nc3ccccn3)nn2)c1. The molecule has 0 aliphatic rings. The molecule has 3 rings (SSSR count). The molecule has 0 amide bonds. The highest BCUT2D eigenvalue weighted by Crippen LogP contribution is 2.11. The molecule has 0 bridgehead atoms. The molecule has 3 aromatic heterocycles. The third-order valence-corrected chi connectivity index (χ3v) is 4.61. The van der Waals surface area contributed by atoms with Crippen LogP contribution < -0.4 is 15.4 Å². The molecule has 0 aromatic carbocycles.